The molecule has 1 aliphatic rings. The topological polar surface area (TPSA) is 75.3 Å². The summed E-state index contributed by atoms with van der Waals surface area (Å²) in [7, 11) is 0. The highest BCUT2D eigenvalue weighted by molar-refractivity contribution is 6.40. The fourth-order valence-corrected chi connectivity index (χ4v) is 3.06. The van der Waals surface area contributed by atoms with E-state index in [0.29, 0.717) is 39.8 Å². The van der Waals surface area contributed by atoms with Crippen molar-refractivity contribution in [3.8, 4) is 0 Å². The minimum atomic E-state index is -1.14. The first kappa shape index (κ1) is 18.4. The van der Waals surface area contributed by atoms with Gasteiger partial charge in [0.1, 0.15) is 5.41 Å². The minimum absolute atomic E-state index is 0.0578. The van der Waals surface area contributed by atoms with Gasteiger partial charge in [0.05, 0.1) is 15.7 Å². The number of halogens is 2. The van der Waals surface area contributed by atoms with Gasteiger partial charge >= 0.3 is 0 Å². The van der Waals surface area contributed by atoms with Gasteiger partial charge < -0.3 is 10.6 Å². The summed E-state index contributed by atoms with van der Waals surface area (Å²) in [6, 6.07) is 11.4. The van der Waals surface area contributed by atoms with Gasteiger partial charge in [0, 0.05) is 11.3 Å². The van der Waals surface area contributed by atoms with E-state index < -0.39 is 17.2 Å². The molecule has 26 heavy (non-hydrogen) atoms. The lowest BCUT2D eigenvalue weighted by atomic mass is 10.0. The third-order valence-electron chi connectivity index (χ3n) is 4.37. The first-order valence-electron chi connectivity index (χ1n) is 8.01. The van der Waals surface area contributed by atoms with Crippen LogP contribution in [-0.4, -0.2) is 17.6 Å². The van der Waals surface area contributed by atoms with Gasteiger partial charge in [0.15, 0.2) is 5.78 Å². The molecule has 0 heterocycles. The Kier molecular flexibility index (Phi) is 5.03. The Labute approximate surface area is 160 Å². The van der Waals surface area contributed by atoms with E-state index in [4.69, 9.17) is 23.2 Å². The van der Waals surface area contributed by atoms with Gasteiger partial charge in [0.25, 0.3) is 0 Å². The predicted molar refractivity (Wildman–Crippen MR) is 102 cm³/mol. The van der Waals surface area contributed by atoms with Crippen molar-refractivity contribution in [2.24, 2.45) is 5.41 Å². The number of carbonyl (C=O) groups is 3. The molecule has 0 bridgehead atoms. The molecule has 0 atom stereocenters. The number of hydrogen-bond donors (Lipinski definition) is 2. The number of hydrogen-bond acceptors (Lipinski definition) is 3. The Balaban J connectivity index is 1.72. The molecule has 134 valence electrons. The molecule has 2 aromatic rings. The average Bonchev–Trinajstić information content (AvgIpc) is 3.40. The van der Waals surface area contributed by atoms with Crippen LogP contribution in [0.5, 0.6) is 0 Å². The van der Waals surface area contributed by atoms with Crippen molar-refractivity contribution in [3.05, 3.63) is 58.1 Å². The average molecular weight is 391 g/mol. The maximum Gasteiger partial charge on any atom is 0.240 e. The normalized spacial score (nSPS) is 14.4. The van der Waals surface area contributed by atoms with E-state index in [1.54, 1.807) is 42.5 Å². The van der Waals surface area contributed by atoms with E-state index >= 15 is 0 Å². The highest BCUT2D eigenvalue weighted by Gasteiger charge is 2.56. The summed E-state index contributed by atoms with van der Waals surface area (Å²) in [6.45, 7) is 1.47. The van der Waals surface area contributed by atoms with E-state index in [-0.39, 0.29) is 5.78 Å². The molecule has 3 rings (SSSR count). The summed E-state index contributed by atoms with van der Waals surface area (Å²) >= 11 is 12.1. The van der Waals surface area contributed by atoms with Gasteiger partial charge in [-0.05, 0) is 56.2 Å². The zero-order chi connectivity index (χ0) is 18.9. The number of ketones is 1. The molecule has 2 aromatic carbocycles. The summed E-state index contributed by atoms with van der Waals surface area (Å²) in [5, 5.41) is 6.01. The van der Waals surface area contributed by atoms with Crippen molar-refractivity contribution in [2.45, 2.75) is 19.8 Å². The number of nitrogens with one attached hydrogen (secondary N) is 2. The lowest BCUT2D eigenvalue weighted by molar-refractivity contribution is -0.131. The van der Waals surface area contributed by atoms with Crippen LogP contribution in [-0.2, 0) is 9.59 Å². The number of Topliss-reactive ketones (excluding diaryl/α,β-unsaturated/α-hetero) is 1. The van der Waals surface area contributed by atoms with Crippen LogP contribution in [0.2, 0.25) is 10.0 Å². The number of anilines is 2. The Morgan fingerprint density at radius 1 is 0.885 bits per heavy atom. The standard InChI is InChI=1S/C19H16Cl2N2O3/c1-11(24)12-5-7-13(8-6-12)22-17(25)19(9-10-19)18(26)23-16-14(20)3-2-4-15(16)21/h2-8H,9-10H2,1H3,(H,22,25)(H,23,26). The van der Waals surface area contributed by atoms with Crippen LogP contribution in [0.15, 0.2) is 42.5 Å². The summed E-state index contributed by atoms with van der Waals surface area (Å²) in [5.41, 5.74) is 0.234. The fraction of sp³-hybridized carbons (Fsp3) is 0.211. The number of benzene rings is 2. The molecular weight excluding hydrogens is 375 g/mol. The van der Waals surface area contributed by atoms with Crippen LogP contribution in [0.1, 0.15) is 30.1 Å². The lowest BCUT2D eigenvalue weighted by Crippen LogP contribution is -2.35. The van der Waals surface area contributed by atoms with E-state index in [2.05, 4.69) is 10.6 Å². The number of carbonyl (C=O) groups excluding carboxylic acids is 3. The summed E-state index contributed by atoms with van der Waals surface area (Å²) in [4.78, 5) is 36.6. The predicted octanol–water partition coefficient (Wildman–Crippen LogP) is 4.55. The van der Waals surface area contributed by atoms with Crippen LogP contribution in [0.3, 0.4) is 0 Å². The molecule has 7 heteroatoms. The molecule has 1 aliphatic carbocycles. The van der Waals surface area contributed by atoms with E-state index in [9.17, 15) is 14.4 Å². The molecule has 0 radical (unpaired) electrons. The molecule has 0 aliphatic heterocycles. The second-order valence-corrected chi connectivity index (χ2v) is 7.03. The first-order valence-corrected chi connectivity index (χ1v) is 8.77. The highest BCUT2D eigenvalue weighted by Crippen LogP contribution is 2.48. The van der Waals surface area contributed by atoms with E-state index in [0.717, 1.165) is 0 Å². The number of rotatable bonds is 5. The van der Waals surface area contributed by atoms with Crippen LogP contribution in [0.25, 0.3) is 0 Å². The van der Waals surface area contributed by atoms with E-state index in [1.165, 1.54) is 6.92 Å². The molecular formula is C19H16Cl2N2O3. The van der Waals surface area contributed by atoms with Gasteiger partial charge in [-0.15, -0.1) is 0 Å². The van der Waals surface area contributed by atoms with Crippen molar-refractivity contribution in [1.29, 1.82) is 0 Å². The second-order valence-electron chi connectivity index (χ2n) is 6.22. The second kappa shape index (κ2) is 7.09. The first-order chi connectivity index (χ1) is 12.3. The monoisotopic (exact) mass is 390 g/mol. The fourth-order valence-electron chi connectivity index (χ4n) is 2.57. The van der Waals surface area contributed by atoms with Crippen molar-refractivity contribution in [2.75, 3.05) is 10.6 Å². The van der Waals surface area contributed by atoms with Crippen molar-refractivity contribution < 1.29 is 14.4 Å². The quantitative estimate of drug-likeness (QED) is 0.580. The molecule has 2 amide bonds. The van der Waals surface area contributed by atoms with Crippen molar-refractivity contribution in [3.63, 3.8) is 0 Å². The zero-order valence-corrected chi connectivity index (χ0v) is 15.4. The zero-order valence-electron chi connectivity index (χ0n) is 13.9. The SMILES string of the molecule is CC(=O)c1ccc(NC(=O)C2(C(=O)Nc3c(Cl)cccc3Cl)CC2)cc1. The van der Waals surface area contributed by atoms with Crippen molar-refractivity contribution in [1.82, 2.24) is 0 Å². The Morgan fingerprint density at radius 2 is 1.42 bits per heavy atom. The molecule has 5 nitrogen and oxygen atoms in total. The van der Waals surface area contributed by atoms with E-state index in [1.807, 2.05) is 0 Å². The van der Waals surface area contributed by atoms with Crippen LogP contribution in [0.4, 0.5) is 11.4 Å². The summed E-state index contributed by atoms with van der Waals surface area (Å²) in [6.07, 6.45) is 0.885. The third-order valence-corrected chi connectivity index (χ3v) is 5.00. The Bertz CT molecular complexity index is 870. The molecule has 2 N–H and O–H groups in total. The maximum absolute atomic E-state index is 12.6. The number of amides is 2. The Morgan fingerprint density at radius 3 is 1.92 bits per heavy atom. The molecule has 0 unspecified atom stereocenters. The van der Waals surface area contributed by atoms with Gasteiger partial charge in [-0.2, -0.15) is 0 Å². The lowest BCUT2D eigenvalue weighted by Gasteiger charge is -2.17. The van der Waals surface area contributed by atoms with Crippen molar-refractivity contribution >= 4 is 52.2 Å². The molecule has 1 fully saturated rings. The minimum Gasteiger partial charge on any atom is -0.325 e. The van der Waals surface area contributed by atoms with Crippen LogP contribution in [0, 0.1) is 5.41 Å². The largest absolute Gasteiger partial charge is 0.325 e. The molecule has 0 spiro atoms. The van der Waals surface area contributed by atoms with Crippen LogP contribution < -0.4 is 10.6 Å². The molecule has 0 aromatic heterocycles. The molecule has 0 saturated heterocycles. The van der Waals surface area contributed by atoms with Crippen LogP contribution >= 0.6 is 23.2 Å². The summed E-state index contributed by atoms with van der Waals surface area (Å²) in [5.74, 6) is -0.892. The third kappa shape index (κ3) is 3.59. The molecule has 1 saturated carbocycles. The van der Waals surface area contributed by atoms with Gasteiger partial charge in [0.2, 0.25) is 11.8 Å². The van der Waals surface area contributed by atoms with Gasteiger partial charge in [-0.3, -0.25) is 14.4 Å². The smallest absolute Gasteiger partial charge is 0.240 e. The van der Waals surface area contributed by atoms with Gasteiger partial charge in [-0.1, -0.05) is 29.3 Å². The Hall–Kier alpha value is -2.37. The maximum atomic E-state index is 12.6. The van der Waals surface area contributed by atoms with Gasteiger partial charge in [-0.25, -0.2) is 0 Å². The highest BCUT2D eigenvalue weighted by atomic mass is 35.5. The summed E-state index contributed by atoms with van der Waals surface area (Å²) < 4.78 is 0. The number of para-hydroxylation sites is 1.